The van der Waals surface area contributed by atoms with E-state index in [4.69, 9.17) is 11.6 Å². The number of alkyl halides is 1. The van der Waals surface area contributed by atoms with Crippen molar-refractivity contribution in [2.75, 3.05) is 20.2 Å². The number of carbonyl (C=O) groups excluding carboxylic acids is 2. The largest absolute Gasteiger partial charge is 0.453 e. The Kier molecular flexibility index (Phi) is 6.75. The molecule has 2 amide bonds. The van der Waals surface area contributed by atoms with Gasteiger partial charge in [0.15, 0.2) is 0 Å². The molecule has 1 heterocycles. The number of hydrogen-bond acceptors (Lipinski definition) is 3. The Balaban J connectivity index is 1.70. The zero-order valence-corrected chi connectivity index (χ0v) is 17.0. The lowest BCUT2D eigenvalue weighted by Crippen LogP contribution is -2.53. The summed E-state index contributed by atoms with van der Waals surface area (Å²) in [5.74, 6) is -0.250. The van der Waals surface area contributed by atoms with Crippen molar-refractivity contribution in [3.63, 3.8) is 0 Å². The number of rotatable bonds is 5. The maximum atomic E-state index is 15.5. The number of benzene rings is 2. The second-order valence-electron chi connectivity index (χ2n) is 7.15. The number of nitrogens with zero attached hydrogens (tertiary/aromatic N) is 1. The molecule has 0 radical (unpaired) electrons. The minimum Gasteiger partial charge on any atom is -0.453 e. The zero-order chi connectivity index (χ0) is 20.9. The van der Waals surface area contributed by atoms with Gasteiger partial charge in [0.1, 0.15) is 11.7 Å². The van der Waals surface area contributed by atoms with Gasteiger partial charge in [-0.2, -0.15) is 0 Å². The van der Waals surface area contributed by atoms with E-state index in [1.165, 1.54) is 7.11 Å². The number of methoxy groups -OCH3 is 1. The van der Waals surface area contributed by atoms with Crippen molar-refractivity contribution in [3.8, 4) is 0 Å². The second kappa shape index (κ2) is 9.27. The quantitative estimate of drug-likeness (QED) is 0.795. The van der Waals surface area contributed by atoms with Gasteiger partial charge in [-0.3, -0.25) is 4.79 Å². The highest BCUT2D eigenvalue weighted by Crippen LogP contribution is 2.40. The zero-order valence-electron chi connectivity index (χ0n) is 16.2. The summed E-state index contributed by atoms with van der Waals surface area (Å²) in [7, 11) is 1.25. The lowest BCUT2D eigenvalue weighted by Gasteiger charge is -2.38. The molecule has 0 aromatic heterocycles. The lowest BCUT2D eigenvalue weighted by atomic mass is 9.86. The highest BCUT2D eigenvalue weighted by Gasteiger charge is 2.40. The SMILES string of the molecule is COC(=O)NC(Cc1ccccc1)C(=O)N1CCC(F)(c2ccccc2Cl)CC1. The van der Waals surface area contributed by atoms with Crippen LogP contribution >= 0.6 is 11.6 Å². The van der Waals surface area contributed by atoms with Gasteiger partial charge in [-0.05, 0) is 11.6 Å². The normalized spacial score (nSPS) is 16.7. The first-order valence-electron chi connectivity index (χ1n) is 9.54. The molecule has 0 aliphatic carbocycles. The van der Waals surface area contributed by atoms with E-state index in [1.807, 2.05) is 30.3 Å². The Morgan fingerprint density at radius 2 is 1.76 bits per heavy atom. The Labute approximate surface area is 174 Å². The molecule has 5 nitrogen and oxygen atoms in total. The summed E-state index contributed by atoms with van der Waals surface area (Å²) in [4.78, 5) is 26.4. The fourth-order valence-corrected chi connectivity index (χ4v) is 3.95. The van der Waals surface area contributed by atoms with E-state index < -0.39 is 17.8 Å². The molecule has 1 unspecified atom stereocenters. The second-order valence-corrected chi connectivity index (χ2v) is 7.56. The van der Waals surface area contributed by atoms with Crippen LogP contribution in [0, 0.1) is 0 Å². The van der Waals surface area contributed by atoms with E-state index in [2.05, 4.69) is 10.1 Å². The predicted molar refractivity (Wildman–Crippen MR) is 110 cm³/mol. The average Bonchev–Trinajstić information content (AvgIpc) is 2.74. The number of hydrogen-bond donors (Lipinski definition) is 1. The van der Waals surface area contributed by atoms with Crippen LogP contribution in [0.4, 0.5) is 9.18 Å². The van der Waals surface area contributed by atoms with Crippen LogP contribution in [0.5, 0.6) is 0 Å². The molecule has 1 N–H and O–H groups in total. The van der Waals surface area contributed by atoms with Crippen molar-refractivity contribution in [2.45, 2.75) is 31.0 Å². The average molecular weight is 419 g/mol. The van der Waals surface area contributed by atoms with Crippen molar-refractivity contribution >= 4 is 23.6 Å². The fraction of sp³-hybridized carbons (Fsp3) is 0.364. The molecule has 1 fully saturated rings. The van der Waals surface area contributed by atoms with Crippen LogP contribution in [0.1, 0.15) is 24.0 Å². The van der Waals surface area contributed by atoms with Crippen LogP contribution in [0.3, 0.4) is 0 Å². The van der Waals surface area contributed by atoms with Crippen LogP contribution in [0.15, 0.2) is 54.6 Å². The molecule has 1 aliphatic heterocycles. The van der Waals surface area contributed by atoms with Gasteiger partial charge in [0.05, 0.1) is 7.11 Å². The van der Waals surface area contributed by atoms with E-state index in [9.17, 15) is 9.59 Å². The van der Waals surface area contributed by atoms with Crippen LogP contribution in [0.2, 0.25) is 5.02 Å². The van der Waals surface area contributed by atoms with E-state index in [-0.39, 0.29) is 31.8 Å². The molecule has 1 aliphatic rings. The van der Waals surface area contributed by atoms with Crippen LogP contribution in [-0.4, -0.2) is 43.1 Å². The minimum absolute atomic E-state index is 0.152. The highest BCUT2D eigenvalue weighted by atomic mass is 35.5. The number of likely N-dealkylation sites (tertiary alicyclic amines) is 1. The number of halogens is 2. The van der Waals surface area contributed by atoms with Gasteiger partial charge in [0.2, 0.25) is 5.91 Å². The van der Waals surface area contributed by atoms with Crippen molar-refractivity contribution < 1.29 is 18.7 Å². The van der Waals surface area contributed by atoms with Gasteiger partial charge in [-0.15, -0.1) is 0 Å². The summed E-state index contributed by atoms with van der Waals surface area (Å²) < 4.78 is 20.2. The fourth-order valence-electron chi connectivity index (χ4n) is 3.65. The lowest BCUT2D eigenvalue weighted by molar-refractivity contribution is -0.136. The molecule has 0 spiro atoms. The number of amides is 2. The predicted octanol–water partition coefficient (Wildman–Crippen LogP) is 4.09. The molecule has 2 aromatic rings. The summed E-state index contributed by atoms with van der Waals surface area (Å²) in [6, 6.07) is 15.5. The number of piperidine rings is 1. The minimum atomic E-state index is -1.57. The number of ether oxygens (including phenoxy) is 1. The standard InChI is InChI=1S/C22H24ClFN2O3/c1-29-21(28)25-19(15-16-7-3-2-4-8-16)20(27)26-13-11-22(24,12-14-26)17-9-5-6-10-18(17)23/h2-10,19H,11-15H2,1H3,(H,25,28). The van der Waals surface area contributed by atoms with Crippen molar-refractivity contribution in [1.29, 1.82) is 0 Å². The first kappa shape index (κ1) is 21.1. The maximum absolute atomic E-state index is 15.5. The number of alkyl carbamates (subject to hydrolysis) is 1. The van der Waals surface area contributed by atoms with Crippen LogP contribution in [-0.2, 0) is 21.6 Å². The van der Waals surface area contributed by atoms with Gasteiger partial charge in [-0.1, -0.05) is 60.1 Å². The Morgan fingerprint density at radius 1 is 1.14 bits per heavy atom. The molecule has 1 atom stereocenters. The third-order valence-electron chi connectivity index (χ3n) is 5.28. The molecule has 2 aromatic carbocycles. The maximum Gasteiger partial charge on any atom is 0.407 e. The summed E-state index contributed by atoms with van der Waals surface area (Å²) in [6.45, 7) is 0.489. The van der Waals surface area contributed by atoms with E-state index in [1.54, 1.807) is 29.2 Å². The molecular weight excluding hydrogens is 395 g/mol. The molecule has 7 heteroatoms. The van der Waals surface area contributed by atoms with Crippen molar-refractivity contribution in [1.82, 2.24) is 10.2 Å². The summed E-state index contributed by atoms with van der Waals surface area (Å²) in [5, 5.41) is 3.00. The summed E-state index contributed by atoms with van der Waals surface area (Å²) in [5.41, 5.74) is -0.197. The van der Waals surface area contributed by atoms with Gasteiger partial charge in [-0.25, -0.2) is 9.18 Å². The first-order valence-corrected chi connectivity index (χ1v) is 9.92. The summed E-state index contributed by atoms with van der Waals surface area (Å²) in [6.07, 6.45) is -0.0409. The van der Waals surface area contributed by atoms with E-state index >= 15 is 4.39 Å². The number of nitrogens with one attached hydrogen (secondary N) is 1. The van der Waals surface area contributed by atoms with E-state index in [0.29, 0.717) is 17.0 Å². The van der Waals surface area contributed by atoms with E-state index in [0.717, 1.165) is 5.56 Å². The monoisotopic (exact) mass is 418 g/mol. The molecule has 1 saturated heterocycles. The third kappa shape index (κ3) is 5.07. The van der Waals surface area contributed by atoms with Crippen LogP contribution < -0.4 is 5.32 Å². The molecule has 0 saturated carbocycles. The summed E-state index contributed by atoms with van der Waals surface area (Å²) >= 11 is 6.18. The Bertz CT molecular complexity index is 854. The Hall–Kier alpha value is -2.60. The first-order chi connectivity index (χ1) is 13.9. The molecule has 0 bridgehead atoms. The Morgan fingerprint density at radius 3 is 2.38 bits per heavy atom. The van der Waals surface area contributed by atoms with Gasteiger partial charge in [0, 0.05) is 42.9 Å². The van der Waals surface area contributed by atoms with Gasteiger partial charge < -0.3 is 15.0 Å². The topological polar surface area (TPSA) is 58.6 Å². The van der Waals surface area contributed by atoms with Crippen LogP contribution in [0.25, 0.3) is 0 Å². The van der Waals surface area contributed by atoms with Crippen molar-refractivity contribution in [3.05, 3.63) is 70.7 Å². The third-order valence-corrected chi connectivity index (χ3v) is 5.61. The number of carbonyl (C=O) groups is 2. The molecule has 29 heavy (non-hydrogen) atoms. The smallest absolute Gasteiger partial charge is 0.407 e. The molecule has 154 valence electrons. The van der Waals surface area contributed by atoms with Gasteiger partial charge >= 0.3 is 6.09 Å². The van der Waals surface area contributed by atoms with Gasteiger partial charge in [0.25, 0.3) is 0 Å². The highest BCUT2D eigenvalue weighted by molar-refractivity contribution is 6.31. The molecular formula is C22H24ClFN2O3. The molecule has 3 rings (SSSR count). The van der Waals surface area contributed by atoms with Crippen molar-refractivity contribution in [2.24, 2.45) is 0 Å².